The lowest BCUT2D eigenvalue weighted by Crippen LogP contribution is -2.31. The smallest absolute Gasteiger partial charge is 0.211 e. The van der Waals surface area contributed by atoms with Gasteiger partial charge in [0, 0.05) is 18.1 Å². The highest BCUT2D eigenvalue weighted by Crippen LogP contribution is 2.33. The fourth-order valence-corrected chi connectivity index (χ4v) is 2.96. The minimum Gasteiger partial charge on any atom is -0.389 e. The zero-order chi connectivity index (χ0) is 16.2. The van der Waals surface area contributed by atoms with E-state index in [0.717, 1.165) is 28.9 Å². The molecule has 1 aliphatic rings. The number of imidazole rings is 1. The zero-order valence-corrected chi connectivity index (χ0v) is 13.2. The van der Waals surface area contributed by atoms with Gasteiger partial charge >= 0.3 is 0 Å². The molecule has 3 heterocycles. The number of anilines is 2. The average Bonchev–Trinajstić information content (AvgIpc) is 2.76. The molecule has 1 aromatic carbocycles. The third-order valence-electron chi connectivity index (χ3n) is 3.98. The molecule has 0 saturated carbocycles. The summed E-state index contributed by atoms with van der Waals surface area (Å²) in [6.45, 7) is 4.82. The first-order valence-corrected chi connectivity index (χ1v) is 7.64. The maximum absolute atomic E-state index is 10.4. The van der Waals surface area contributed by atoms with Crippen molar-refractivity contribution in [3.05, 3.63) is 36.5 Å². The molecular formula is C17H19N5O. The number of rotatable bonds is 3. The number of hydrogen-bond donors (Lipinski definition) is 2. The highest BCUT2D eigenvalue weighted by molar-refractivity contribution is 6.07. The Morgan fingerprint density at radius 1 is 1.26 bits per heavy atom. The molecular weight excluding hydrogens is 290 g/mol. The normalized spacial score (nSPS) is 14.7. The summed E-state index contributed by atoms with van der Waals surface area (Å²) in [4.78, 5) is 11.2. The predicted octanol–water partition coefficient (Wildman–Crippen LogP) is 2.27. The number of nitrogens with zero attached hydrogens (tertiary/aromatic N) is 4. The van der Waals surface area contributed by atoms with Gasteiger partial charge in [0.2, 0.25) is 5.95 Å². The van der Waals surface area contributed by atoms with Gasteiger partial charge < -0.3 is 20.3 Å². The Morgan fingerprint density at radius 3 is 2.65 bits per heavy atom. The lowest BCUT2D eigenvalue weighted by molar-refractivity contribution is 0.0631. The molecule has 0 aliphatic carbocycles. The van der Waals surface area contributed by atoms with Crippen molar-refractivity contribution >= 4 is 33.7 Å². The molecule has 0 amide bonds. The minimum atomic E-state index is -0.865. The van der Waals surface area contributed by atoms with Gasteiger partial charge in [0.1, 0.15) is 5.52 Å². The number of benzene rings is 1. The topological polar surface area (TPSA) is 80.2 Å². The Balaban J connectivity index is 2.09. The molecule has 4 rings (SSSR count). The van der Waals surface area contributed by atoms with Crippen LogP contribution in [0.3, 0.4) is 0 Å². The van der Waals surface area contributed by atoms with Crippen LogP contribution in [0.4, 0.5) is 11.8 Å². The Hall–Kier alpha value is -2.60. The van der Waals surface area contributed by atoms with Crippen LogP contribution < -0.4 is 10.6 Å². The highest BCUT2D eigenvalue weighted by Gasteiger charge is 2.25. The second-order valence-electron chi connectivity index (χ2n) is 6.56. The Kier molecular flexibility index (Phi) is 2.86. The predicted molar refractivity (Wildman–Crippen MR) is 92.2 cm³/mol. The monoisotopic (exact) mass is 309 g/mol. The fourth-order valence-electron chi connectivity index (χ4n) is 2.96. The first-order valence-electron chi connectivity index (χ1n) is 7.64. The summed E-state index contributed by atoms with van der Waals surface area (Å²) in [5, 5.41) is 11.3. The van der Waals surface area contributed by atoms with Crippen LogP contribution in [0.2, 0.25) is 0 Å². The zero-order valence-electron chi connectivity index (χ0n) is 13.2. The maximum Gasteiger partial charge on any atom is 0.211 e. The van der Waals surface area contributed by atoms with E-state index in [2.05, 4.69) is 11.1 Å². The van der Waals surface area contributed by atoms with Crippen molar-refractivity contribution in [1.82, 2.24) is 14.5 Å². The van der Waals surface area contributed by atoms with E-state index in [0.29, 0.717) is 17.9 Å². The summed E-state index contributed by atoms with van der Waals surface area (Å²) in [6.07, 6.45) is 4.04. The SMILES string of the molecule is CC(C)(O)Cn1c(N2C=CC2)nc2c(N)nc3ccccc3c21. The first kappa shape index (κ1) is 14.0. The molecule has 0 spiro atoms. The van der Waals surface area contributed by atoms with Gasteiger partial charge in [0.25, 0.3) is 0 Å². The molecule has 118 valence electrons. The van der Waals surface area contributed by atoms with Crippen LogP contribution in [-0.4, -0.2) is 31.8 Å². The fraction of sp³-hybridized carbons (Fsp3) is 0.294. The third-order valence-corrected chi connectivity index (χ3v) is 3.98. The average molecular weight is 309 g/mol. The first-order chi connectivity index (χ1) is 10.9. The summed E-state index contributed by atoms with van der Waals surface area (Å²) in [5.41, 5.74) is 7.72. The van der Waals surface area contributed by atoms with E-state index in [1.807, 2.05) is 39.9 Å². The number of fused-ring (bicyclic) bond motifs is 3. The number of aliphatic hydroxyl groups is 1. The lowest BCUT2D eigenvalue weighted by atomic mass is 10.1. The largest absolute Gasteiger partial charge is 0.389 e. The molecule has 0 atom stereocenters. The van der Waals surface area contributed by atoms with Crippen molar-refractivity contribution in [3.8, 4) is 0 Å². The summed E-state index contributed by atoms with van der Waals surface area (Å²) < 4.78 is 2.04. The van der Waals surface area contributed by atoms with Crippen LogP contribution in [-0.2, 0) is 6.54 Å². The molecule has 23 heavy (non-hydrogen) atoms. The summed E-state index contributed by atoms with van der Waals surface area (Å²) >= 11 is 0. The van der Waals surface area contributed by atoms with E-state index in [9.17, 15) is 5.11 Å². The second-order valence-corrected chi connectivity index (χ2v) is 6.56. The van der Waals surface area contributed by atoms with Gasteiger partial charge in [-0.3, -0.25) is 0 Å². The number of hydrogen-bond acceptors (Lipinski definition) is 5. The summed E-state index contributed by atoms with van der Waals surface area (Å²) in [6, 6.07) is 7.87. The van der Waals surface area contributed by atoms with E-state index in [4.69, 9.17) is 10.7 Å². The number of aromatic nitrogens is 3. The third kappa shape index (κ3) is 2.22. The van der Waals surface area contributed by atoms with Crippen molar-refractivity contribution in [2.24, 2.45) is 0 Å². The van der Waals surface area contributed by atoms with Crippen molar-refractivity contribution < 1.29 is 5.11 Å². The Morgan fingerprint density at radius 2 is 2.00 bits per heavy atom. The quantitative estimate of drug-likeness (QED) is 0.776. The summed E-state index contributed by atoms with van der Waals surface area (Å²) in [7, 11) is 0. The van der Waals surface area contributed by atoms with E-state index in [1.54, 1.807) is 13.8 Å². The lowest BCUT2D eigenvalue weighted by Gasteiger charge is -2.27. The molecule has 2 aromatic heterocycles. The van der Waals surface area contributed by atoms with Crippen molar-refractivity contribution in [3.63, 3.8) is 0 Å². The van der Waals surface area contributed by atoms with Gasteiger partial charge in [0.15, 0.2) is 5.82 Å². The van der Waals surface area contributed by atoms with Gasteiger partial charge in [0.05, 0.1) is 23.2 Å². The van der Waals surface area contributed by atoms with Gasteiger partial charge in [-0.05, 0) is 26.0 Å². The van der Waals surface area contributed by atoms with Crippen molar-refractivity contribution in [1.29, 1.82) is 0 Å². The van der Waals surface area contributed by atoms with Gasteiger partial charge in [-0.15, -0.1) is 0 Å². The minimum absolute atomic E-state index is 0.416. The van der Waals surface area contributed by atoms with E-state index < -0.39 is 5.60 Å². The van der Waals surface area contributed by atoms with Gasteiger partial charge in [-0.2, -0.15) is 0 Å². The molecule has 6 nitrogen and oxygen atoms in total. The maximum atomic E-state index is 10.4. The van der Waals surface area contributed by atoms with E-state index in [1.165, 1.54) is 0 Å². The Bertz CT molecular complexity index is 935. The van der Waals surface area contributed by atoms with Crippen LogP contribution in [0.15, 0.2) is 36.5 Å². The number of nitrogen functional groups attached to an aromatic ring is 1. The number of nitrogens with two attached hydrogens (primary N) is 1. The molecule has 0 fully saturated rings. The van der Waals surface area contributed by atoms with Crippen LogP contribution in [0.5, 0.6) is 0 Å². The van der Waals surface area contributed by atoms with Crippen molar-refractivity contribution in [2.45, 2.75) is 26.0 Å². The molecule has 3 aromatic rings. The van der Waals surface area contributed by atoms with E-state index in [-0.39, 0.29) is 0 Å². The second kappa shape index (κ2) is 4.70. The highest BCUT2D eigenvalue weighted by atomic mass is 16.3. The van der Waals surface area contributed by atoms with E-state index >= 15 is 0 Å². The number of pyridine rings is 1. The van der Waals surface area contributed by atoms with Crippen LogP contribution in [0, 0.1) is 0 Å². The van der Waals surface area contributed by atoms with Crippen LogP contribution in [0.25, 0.3) is 21.9 Å². The van der Waals surface area contributed by atoms with Crippen LogP contribution in [0.1, 0.15) is 13.8 Å². The molecule has 0 unspecified atom stereocenters. The van der Waals surface area contributed by atoms with Gasteiger partial charge in [-0.1, -0.05) is 18.2 Å². The molecule has 0 bridgehead atoms. The molecule has 0 saturated heterocycles. The standard InChI is InChI=1S/C17H19N5O/c1-17(2,23)10-22-14-11-6-3-4-7-12(11)19-15(18)13(14)20-16(22)21-8-5-9-21/h3-8,23H,9-10H2,1-2H3,(H2,18,19). The number of para-hydroxylation sites is 1. The molecule has 1 aliphatic heterocycles. The van der Waals surface area contributed by atoms with Crippen LogP contribution >= 0.6 is 0 Å². The van der Waals surface area contributed by atoms with Gasteiger partial charge in [-0.25, -0.2) is 9.97 Å². The van der Waals surface area contributed by atoms with Crippen molar-refractivity contribution in [2.75, 3.05) is 17.2 Å². The molecule has 6 heteroatoms. The molecule has 0 radical (unpaired) electrons. The Labute approximate surface area is 133 Å². The molecule has 3 N–H and O–H groups in total. The summed E-state index contributed by atoms with van der Waals surface area (Å²) in [5.74, 6) is 1.20.